The lowest BCUT2D eigenvalue weighted by Gasteiger charge is -2.10. The maximum absolute atomic E-state index is 13.6. The van der Waals surface area contributed by atoms with Crippen molar-refractivity contribution in [2.75, 3.05) is 0 Å². The van der Waals surface area contributed by atoms with E-state index in [0.29, 0.717) is 5.56 Å². The second-order valence-corrected chi connectivity index (χ2v) is 4.43. The zero-order valence-electron chi connectivity index (χ0n) is 10.7. The predicted molar refractivity (Wildman–Crippen MR) is 70.2 cm³/mol. The summed E-state index contributed by atoms with van der Waals surface area (Å²) in [6, 6.07) is 11.7. The number of rotatable bonds is 3. The van der Waals surface area contributed by atoms with Gasteiger partial charge in [0.25, 0.3) is 0 Å². The van der Waals surface area contributed by atoms with E-state index in [1.807, 2.05) is 13.0 Å². The highest BCUT2D eigenvalue weighted by Crippen LogP contribution is 2.24. The molecule has 0 aliphatic carbocycles. The van der Waals surface area contributed by atoms with Crippen molar-refractivity contribution in [3.63, 3.8) is 0 Å². The fraction of sp³-hybridized carbons (Fsp3) is 0.125. The van der Waals surface area contributed by atoms with E-state index in [0.717, 1.165) is 17.7 Å². The molecule has 0 aliphatic rings. The van der Waals surface area contributed by atoms with Crippen molar-refractivity contribution in [1.29, 1.82) is 5.26 Å². The third kappa shape index (κ3) is 2.57. The fourth-order valence-corrected chi connectivity index (χ4v) is 1.92. The van der Waals surface area contributed by atoms with Crippen molar-refractivity contribution in [2.45, 2.75) is 12.8 Å². The van der Waals surface area contributed by atoms with Crippen molar-refractivity contribution in [1.82, 2.24) is 0 Å². The Morgan fingerprint density at radius 3 is 2.15 bits per heavy atom. The topological polar surface area (TPSA) is 40.9 Å². The molecule has 0 saturated heterocycles. The van der Waals surface area contributed by atoms with Gasteiger partial charge in [0.05, 0.1) is 11.6 Å². The maximum atomic E-state index is 13.6. The number of Topliss-reactive ketones (excluding diaryl/α,β-unsaturated/α-hetero) is 1. The minimum Gasteiger partial charge on any atom is -0.292 e. The third-order valence-corrected chi connectivity index (χ3v) is 3.01. The van der Waals surface area contributed by atoms with Gasteiger partial charge >= 0.3 is 0 Å². The second-order valence-electron chi connectivity index (χ2n) is 4.43. The van der Waals surface area contributed by atoms with Crippen LogP contribution in [0, 0.1) is 29.9 Å². The molecule has 100 valence electrons. The number of carbonyl (C=O) groups is 1. The van der Waals surface area contributed by atoms with Crippen molar-refractivity contribution < 1.29 is 13.6 Å². The Kier molecular flexibility index (Phi) is 3.90. The Balaban J connectivity index is 2.45. The van der Waals surface area contributed by atoms with Crippen molar-refractivity contribution in [3.8, 4) is 6.07 Å². The quantitative estimate of drug-likeness (QED) is 0.797. The van der Waals surface area contributed by atoms with E-state index in [2.05, 4.69) is 0 Å². The molecule has 2 nitrogen and oxygen atoms in total. The summed E-state index contributed by atoms with van der Waals surface area (Å²) < 4.78 is 27.2. The summed E-state index contributed by atoms with van der Waals surface area (Å²) in [4.78, 5) is 12.2. The van der Waals surface area contributed by atoms with Gasteiger partial charge in [-0.1, -0.05) is 35.9 Å². The molecule has 0 spiro atoms. The van der Waals surface area contributed by atoms with Crippen LogP contribution in [0.15, 0.2) is 42.5 Å². The SMILES string of the molecule is Cc1ccc(C(C#N)C(=O)c2c(F)cccc2F)cc1. The highest BCUT2D eigenvalue weighted by molar-refractivity contribution is 6.03. The summed E-state index contributed by atoms with van der Waals surface area (Å²) in [6.07, 6.45) is 0. The van der Waals surface area contributed by atoms with Gasteiger partial charge in [0, 0.05) is 0 Å². The van der Waals surface area contributed by atoms with Gasteiger partial charge in [0.2, 0.25) is 0 Å². The van der Waals surface area contributed by atoms with Crippen LogP contribution in [0.5, 0.6) is 0 Å². The molecule has 0 N–H and O–H groups in total. The Hall–Kier alpha value is -2.54. The molecule has 0 radical (unpaired) electrons. The van der Waals surface area contributed by atoms with E-state index in [-0.39, 0.29) is 0 Å². The number of benzene rings is 2. The average Bonchev–Trinajstić information content (AvgIpc) is 2.41. The van der Waals surface area contributed by atoms with Crippen LogP contribution in [0.2, 0.25) is 0 Å². The zero-order chi connectivity index (χ0) is 14.7. The number of halogens is 2. The van der Waals surface area contributed by atoms with Crippen LogP contribution in [0.1, 0.15) is 27.4 Å². The summed E-state index contributed by atoms with van der Waals surface area (Å²) >= 11 is 0. The minimum absolute atomic E-state index is 0.422. The number of aryl methyl sites for hydroxylation is 1. The minimum atomic E-state index is -1.22. The maximum Gasteiger partial charge on any atom is 0.190 e. The highest BCUT2D eigenvalue weighted by Gasteiger charge is 2.26. The fourth-order valence-electron chi connectivity index (χ4n) is 1.92. The lowest BCUT2D eigenvalue weighted by molar-refractivity contribution is 0.0970. The zero-order valence-corrected chi connectivity index (χ0v) is 10.7. The van der Waals surface area contributed by atoms with E-state index >= 15 is 0 Å². The summed E-state index contributed by atoms with van der Waals surface area (Å²) in [5.74, 6) is -4.00. The number of hydrogen-bond acceptors (Lipinski definition) is 2. The average molecular weight is 271 g/mol. The molecule has 4 heteroatoms. The first kappa shape index (κ1) is 13.9. The highest BCUT2D eigenvalue weighted by atomic mass is 19.1. The van der Waals surface area contributed by atoms with Gasteiger partial charge in [0.15, 0.2) is 5.78 Å². The van der Waals surface area contributed by atoms with Crippen LogP contribution in [0.4, 0.5) is 8.78 Å². The summed E-state index contributed by atoms with van der Waals surface area (Å²) in [5, 5.41) is 9.15. The van der Waals surface area contributed by atoms with E-state index in [4.69, 9.17) is 5.26 Å². The molecular formula is C16H11F2NO. The first-order valence-corrected chi connectivity index (χ1v) is 5.99. The third-order valence-electron chi connectivity index (χ3n) is 3.01. The normalized spacial score (nSPS) is 11.7. The van der Waals surface area contributed by atoms with E-state index < -0.39 is 28.9 Å². The van der Waals surface area contributed by atoms with Crippen LogP contribution < -0.4 is 0 Å². The lowest BCUT2D eigenvalue weighted by Crippen LogP contribution is -2.15. The molecule has 0 bridgehead atoms. The van der Waals surface area contributed by atoms with Gasteiger partial charge < -0.3 is 0 Å². The first-order valence-electron chi connectivity index (χ1n) is 5.99. The van der Waals surface area contributed by atoms with E-state index in [1.54, 1.807) is 24.3 Å². The molecule has 2 aromatic rings. The van der Waals surface area contributed by atoms with Crippen molar-refractivity contribution in [3.05, 3.63) is 70.8 Å². The summed E-state index contributed by atoms with van der Waals surface area (Å²) in [6.45, 7) is 1.86. The van der Waals surface area contributed by atoms with Crippen LogP contribution in [-0.4, -0.2) is 5.78 Å². The number of nitrogens with zero attached hydrogens (tertiary/aromatic N) is 1. The molecule has 2 aromatic carbocycles. The molecule has 0 amide bonds. The number of carbonyl (C=O) groups excluding carboxylic acids is 1. The van der Waals surface area contributed by atoms with Crippen LogP contribution in [0.25, 0.3) is 0 Å². The monoisotopic (exact) mass is 271 g/mol. The Labute approximate surface area is 115 Å². The second kappa shape index (κ2) is 5.62. The molecule has 1 atom stereocenters. The van der Waals surface area contributed by atoms with Gasteiger partial charge in [-0.05, 0) is 24.6 Å². The van der Waals surface area contributed by atoms with Crippen molar-refractivity contribution >= 4 is 5.78 Å². The van der Waals surface area contributed by atoms with Crippen LogP contribution in [-0.2, 0) is 0 Å². The van der Waals surface area contributed by atoms with Gasteiger partial charge in [0.1, 0.15) is 17.6 Å². The van der Waals surface area contributed by atoms with Gasteiger partial charge in [-0.25, -0.2) is 8.78 Å². The molecule has 2 rings (SSSR count). The smallest absolute Gasteiger partial charge is 0.190 e. The molecular weight excluding hydrogens is 260 g/mol. The molecule has 20 heavy (non-hydrogen) atoms. The van der Waals surface area contributed by atoms with Gasteiger partial charge in [-0.3, -0.25) is 4.79 Å². The number of nitriles is 1. The Morgan fingerprint density at radius 1 is 1.10 bits per heavy atom. The molecule has 0 aliphatic heterocycles. The largest absolute Gasteiger partial charge is 0.292 e. The first-order chi connectivity index (χ1) is 9.54. The predicted octanol–water partition coefficient (Wildman–Crippen LogP) is 3.76. The molecule has 1 unspecified atom stereocenters. The lowest BCUT2D eigenvalue weighted by atomic mass is 9.91. The van der Waals surface area contributed by atoms with Gasteiger partial charge in [-0.15, -0.1) is 0 Å². The number of ketones is 1. The van der Waals surface area contributed by atoms with Crippen molar-refractivity contribution in [2.24, 2.45) is 0 Å². The Bertz CT molecular complexity index is 666. The Morgan fingerprint density at radius 2 is 1.65 bits per heavy atom. The standard InChI is InChI=1S/C16H11F2NO/c1-10-5-7-11(8-6-10)12(9-19)16(20)15-13(17)3-2-4-14(15)18/h2-8,12H,1H3. The molecule has 0 saturated carbocycles. The van der Waals surface area contributed by atoms with Crippen LogP contribution >= 0.6 is 0 Å². The van der Waals surface area contributed by atoms with Gasteiger partial charge in [-0.2, -0.15) is 5.26 Å². The summed E-state index contributed by atoms with van der Waals surface area (Å²) in [7, 11) is 0. The van der Waals surface area contributed by atoms with E-state index in [9.17, 15) is 13.6 Å². The van der Waals surface area contributed by atoms with E-state index in [1.165, 1.54) is 6.07 Å². The summed E-state index contributed by atoms with van der Waals surface area (Å²) in [5.41, 5.74) is 0.723. The number of hydrogen-bond donors (Lipinski definition) is 0. The molecule has 0 aromatic heterocycles. The van der Waals surface area contributed by atoms with Crippen LogP contribution in [0.3, 0.4) is 0 Å². The molecule has 0 heterocycles. The molecule has 0 fully saturated rings.